The Balaban J connectivity index is 1.61. The van der Waals surface area contributed by atoms with E-state index in [4.69, 9.17) is 9.47 Å². The zero-order valence-corrected chi connectivity index (χ0v) is 16.1. The van der Waals surface area contributed by atoms with Crippen LogP contribution in [0.4, 0.5) is 0 Å². The molecule has 0 aliphatic rings. The molecule has 144 valence electrons. The zero-order valence-electron chi connectivity index (χ0n) is 15.3. The van der Waals surface area contributed by atoms with E-state index in [1.54, 1.807) is 55.8 Å². The molecular formula is C21H20N2O4S. The summed E-state index contributed by atoms with van der Waals surface area (Å²) >= 11 is 0. The molecule has 0 aliphatic heterocycles. The maximum atomic E-state index is 12.2. The van der Waals surface area contributed by atoms with Gasteiger partial charge in [-0.3, -0.25) is 0 Å². The minimum Gasteiger partial charge on any atom is -0.497 e. The minimum absolute atomic E-state index is 0.128. The molecular weight excluding hydrogens is 376 g/mol. The predicted molar refractivity (Wildman–Crippen MR) is 109 cm³/mol. The van der Waals surface area contributed by atoms with Crippen molar-refractivity contribution < 1.29 is 17.9 Å². The second-order valence-electron chi connectivity index (χ2n) is 5.86. The number of hydrogen-bond donors (Lipinski definition) is 1. The van der Waals surface area contributed by atoms with Gasteiger partial charge in [-0.25, -0.2) is 18.1 Å². The molecule has 28 heavy (non-hydrogen) atoms. The molecule has 3 aromatic rings. The summed E-state index contributed by atoms with van der Waals surface area (Å²) in [6.07, 6.45) is 3.12. The molecule has 0 amide bonds. The topological polar surface area (TPSA) is 77.5 Å². The van der Waals surface area contributed by atoms with Gasteiger partial charge in [-0.05, 0) is 47.5 Å². The van der Waals surface area contributed by atoms with Crippen LogP contribution in [-0.2, 0) is 16.6 Å². The van der Waals surface area contributed by atoms with Crippen LogP contribution in [-0.4, -0.2) is 20.5 Å². The molecule has 6 nitrogen and oxygen atoms in total. The maximum Gasteiger partial charge on any atom is 0.234 e. The van der Waals surface area contributed by atoms with Crippen molar-refractivity contribution >= 4 is 16.1 Å². The number of rotatable bonds is 8. The fourth-order valence-corrected chi connectivity index (χ4v) is 3.15. The van der Waals surface area contributed by atoms with E-state index in [1.807, 2.05) is 30.3 Å². The Morgan fingerprint density at radius 2 is 1.71 bits per heavy atom. The average Bonchev–Trinajstić information content (AvgIpc) is 2.73. The summed E-state index contributed by atoms with van der Waals surface area (Å²) < 4.78 is 37.7. The van der Waals surface area contributed by atoms with Crippen LogP contribution in [0.3, 0.4) is 0 Å². The van der Waals surface area contributed by atoms with Crippen molar-refractivity contribution in [2.75, 3.05) is 7.11 Å². The Labute approximate surface area is 164 Å². The highest BCUT2D eigenvalue weighted by Crippen LogP contribution is 2.22. The lowest BCUT2D eigenvalue weighted by atomic mass is 10.2. The number of aromatic nitrogens is 1. The number of pyridine rings is 1. The monoisotopic (exact) mass is 396 g/mol. The molecule has 7 heteroatoms. The molecule has 0 saturated heterocycles. The summed E-state index contributed by atoms with van der Waals surface area (Å²) in [5, 5.41) is 1.15. The van der Waals surface area contributed by atoms with Gasteiger partial charge in [0.1, 0.15) is 11.5 Å². The fourth-order valence-electron chi connectivity index (χ4n) is 2.35. The van der Waals surface area contributed by atoms with Gasteiger partial charge >= 0.3 is 0 Å². The summed E-state index contributed by atoms with van der Waals surface area (Å²) in [5.41, 5.74) is 1.54. The van der Waals surface area contributed by atoms with Gasteiger partial charge in [-0.15, -0.1) is 0 Å². The third-order valence-corrected chi connectivity index (χ3v) is 4.84. The Morgan fingerprint density at radius 3 is 2.43 bits per heavy atom. The SMILES string of the molecule is COc1ccc(Oc2cc(CNS(=O)(=O)/C=C/c3ccccc3)ccn2)cc1. The van der Waals surface area contributed by atoms with Crippen molar-refractivity contribution in [3.8, 4) is 17.4 Å². The van der Waals surface area contributed by atoms with Crippen molar-refractivity contribution in [2.45, 2.75) is 6.54 Å². The lowest BCUT2D eigenvalue weighted by Gasteiger charge is -2.08. The van der Waals surface area contributed by atoms with Gasteiger partial charge in [0.15, 0.2) is 0 Å². The first-order valence-corrected chi connectivity index (χ1v) is 10.1. The van der Waals surface area contributed by atoms with Crippen LogP contribution in [0.1, 0.15) is 11.1 Å². The first kappa shape index (κ1) is 19.6. The number of hydrogen-bond acceptors (Lipinski definition) is 5. The van der Waals surface area contributed by atoms with Gasteiger partial charge in [-0.2, -0.15) is 0 Å². The molecule has 0 atom stereocenters. The van der Waals surface area contributed by atoms with Crippen LogP contribution >= 0.6 is 0 Å². The second-order valence-corrected chi connectivity index (χ2v) is 7.51. The smallest absolute Gasteiger partial charge is 0.234 e. The Morgan fingerprint density at radius 1 is 1.00 bits per heavy atom. The zero-order chi connectivity index (χ0) is 19.8. The second kappa shape index (κ2) is 9.16. The van der Waals surface area contributed by atoms with Crippen LogP contribution in [0.25, 0.3) is 6.08 Å². The van der Waals surface area contributed by atoms with Gasteiger partial charge in [0.05, 0.1) is 7.11 Å². The van der Waals surface area contributed by atoms with Crippen LogP contribution in [0.5, 0.6) is 17.4 Å². The molecule has 0 radical (unpaired) electrons. The van der Waals surface area contributed by atoms with Gasteiger partial charge in [0.25, 0.3) is 0 Å². The van der Waals surface area contributed by atoms with E-state index in [1.165, 1.54) is 0 Å². The third-order valence-electron chi connectivity index (χ3n) is 3.80. The van der Waals surface area contributed by atoms with E-state index in [2.05, 4.69) is 9.71 Å². The molecule has 0 saturated carbocycles. The average molecular weight is 396 g/mol. The molecule has 0 fully saturated rings. The first-order valence-electron chi connectivity index (χ1n) is 8.54. The Hall–Kier alpha value is -3.16. The Bertz CT molecular complexity index is 1030. The predicted octanol–water partition coefficient (Wildman–Crippen LogP) is 3.97. The van der Waals surface area contributed by atoms with Crippen molar-refractivity contribution in [3.63, 3.8) is 0 Å². The summed E-state index contributed by atoms with van der Waals surface area (Å²) in [7, 11) is -1.97. The van der Waals surface area contributed by atoms with E-state index in [0.29, 0.717) is 11.6 Å². The van der Waals surface area contributed by atoms with Crippen molar-refractivity contribution in [1.29, 1.82) is 0 Å². The van der Waals surface area contributed by atoms with E-state index >= 15 is 0 Å². The first-order chi connectivity index (χ1) is 13.5. The number of nitrogens with zero attached hydrogens (tertiary/aromatic N) is 1. The molecule has 0 bridgehead atoms. The van der Waals surface area contributed by atoms with Gasteiger partial charge < -0.3 is 9.47 Å². The lowest BCUT2D eigenvalue weighted by Crippen LogP contribution is -2.20. The van der Waals surface area contributed by atoms with E-state index < -0.39 is 10.0 Å². The van der Waals surface area contributed by atoms with Crippen LogP contribution < -0.4 is 14.2 Å². The van der Waals surface area contributed by atoms with Crippen LogP contribution in [0.2, 0.25) is 0 Å². The van der Waals surface area contributed by atoms with Gasteiger partial charge in [0.2, 0.25) is 15.9 Å². The van der Waals surface area contributed by atoms with Gasteiger partial charge in [-0.1, -0.05) is 30.3 Å². The summed E-state index contributed by atoms with van der Waals surface area (Å²) in [6, 6.07) is 19.8. The maximum absolute atomic E-state index is 12.2. The molecule has 0 spiro atoms. The molecule has 1 aromatic heterocycles. The Kier molecular flexibility index (Phi) is 6.41. The number of methoxy groups -OCH3 is 1. The minimum atomic E-state index is -3.56. The fraction of sp³-hybridized carbons (Fsp3) is 0.0952. The van der Waals surface area contributed by atoms with E-state index in [0.717, 1.165) is 22.3 Å². The molecule has 1 heterocycles. The standard InChI is InChI=1S/C21H20N2O4S/c1-26-19-7-9-20(10-8-19)27-21-15-18(11-13-22-21)16-23-28(24,25)14-12-17-5-3-2-4-6-17/h2-15,23H,16H2,1H3/b14-12+. The number of sulfonamides is 1. The highest BCUT2D eigenvalue weighted by molar-refractivity contribution is 7.92. The molecule has 0 unspecified atom stereocenters. The third kappa shape index (κ3) is 5.94. The normalized spacial score (nSPS) is 11.5. The number of benzene rings is 2. The van der Waals surface area contributed by atoms with E-state index in [9.17, 15) is 8.42 Å². The van der Waals surface area contributed by atoms with E-state index in [-0.39, 0.29) is 6.54 Å². The summed E-state index contributed by atoms with van der Waals surface area (Å²) in [6.45, 7) is 0.128. The highest BCUT2D eigenvalue weighted by atomic mass is 32.2. The molecule has 3 rings (SSSR count). The highest BCUT2D eigenvalue weighted by Gasteiger charge is 2.07. The van der Waals surface area contributed by atoms with Crippen molar-refractivity contribution in [1.82, 2.24) is 9.71 Å². The quantitative estimate of drug-likeness (QED) is 0.623. The van der Waals surface area contributed by atoms with Crippen molar-refractivity contribution in [2.24, 2.45) is 0 Å². The summed E-state index contributed by atoms with van der Waals surface area (Å²) in [5.74, 6) is 1.71. The number of nitrogens with one attached hydrogen (secondary N) is 1. The largest absolute Gasteiger partial charge is 0.497 e. The molecule has 0 aliphatic carbocycles. The number of ether oxygens (including phenoxy) is 2. The molecule has 2 aromatic carbocycles. The van der Waals surface area contributed by atoms with Crippen molar-refractivity contribution in [3.05, 3.63) is 89.5 Å². The summed E-state index contributed by atoms with van der Waals surface area (Å²) in [4.78, 5) is 4.15. The molecule has 1 N–H and O–H groups in total. The lowest BCUT2D eigenvalue weighted by molar-refractivity contribution is 0.412. The van der Waals surface area contributed by atoms with Crippen LogP contribution in [0, 0.1) is 0 Å². The van der Waals surface area contributed by atoms with Crippen LogP contribution in [0.15, 0.2) is 78.3 Å². The van der Waals surface area contributed by atoms with Gasteiger partial charge in [0, 0.05) is 24.2 Å².